The molecule has 1 atom stereocenters. The third-order valence-corrected chi connectivity index (χ3v) is 6.16. The Hall–Kier alpha value is -3.31. The van der Waals surface area contributed by atoms with E-state index in [1.54, 1.807) is 13.3 Å². The molecule has 0 aliphatic carbocycles. The van der Waals surface area contributed by atoms with Crippen LogP contribution in [0.25, 0.3) is 0 Å². The molecule has 0 saturated carbocycles. The average molecular weight is 540 g/mol. The monoisotopic (exact) mass is 539 g/mol. The van der Waals surface area contributed by atoms with Crippen molar-refractivity contribution in [2.45, 2.75) is 46.3 Å². The molecule has 0 aromatic heterocycles. The first kappa shape index (κ1) is 31.9. The quantitative estimate of drug-likeness (QED) is 0.140. The second-order valence-electron chi connectivity index (χ2n) is 9.43. The van der Waals surface area contributed by atoms with Crippen LogP contribution in [0.3, 0.4) is 0 Å². The van der Waals surface area contributed by atoms with Gasteiger partial charge in [-0.25, -0.2) is 9.79 Å². The molecule has 0 spiro atoms. The maximum atomic E-state index is 12.9. The van der Waals surface area contributed by atoms with Gasteiger partial charge >= 0.3 is 6.03 Å². The number of hydrogen-bond donors (Lipinski definition) is 5. The Labute approximate surface area is 232 Å². The van der Waals surface area contributed by atoms with E-state index >= 15 is 0 Å². The van der Waals surface area contributed by atoms with Crippen molar-refractivity contribution in [2.24, 2.45) is 15.7 Å². The van der Waals surface area contributed by atoms with Gasteiger partial charge in [-0.1, -0.05) is 44.2 Å². The number of amidine groups is 1. The van der Waals surface area contributed by atoms with Crippen LogP contribution in [0.4, 0.5) is 10.5 Å². The Morgan fingerprint density at radius 3 is 2.59 bits per heavy atom. The van der Waals surface area contributed by atoms with Gasteiger partial charge in [0.2, 0.25) is 0 Å². The maximum Gasteiger partial charge on any atom is 0.320 e. The highest BCUT2D eigenvalue weighted by Crippen LogP contribution is 2.17. The molecule has 2 rings (SSSR count). The van der Waals surface area contributed by atoms with E-state index in [0.717, 1.165) is 43.9 Å². The number of benzene rings is 1. The van der Waals surface area contributed by atoms with Gasteiger partial charge in [0.1, 0.15) is 5.84 Å². The van der Waals surface area contributed by atoms with Gasteiger partial charge in [0.05, 0.1) is 24.4 Å². The second-order valence-corrected chi connectivity index (χ2v) is 9.43. The van der Waals surface area contributed by atoms with Gasteiger partial charge in [-0.05, 0) is 38.9 Å². The molecule has 1 aromatic rings. The molecule has 214 valence electrons. The fourth-order valence-electron chi connectivity index (χ4n) is 3.78. The van der Waals surface area contributed by atoms with Crippen molar-refractivity contribution in [1.29, 1.82) is 0 Å². The van der Waals surface area contributed by atoms with Crippen molar-refractivity contribution in [3.63, 3.8) is 0 Å². The SMILES string of the molecule is CC/C=C\C(=C/N=C(C)CN1CC(OC)C1)C(N)=C(C)C(=Nc1ccccc1)NC(=O)N[C@@H](CO)CNCC. The van der Waals surface area contributed by atoms with Crippen molar-refractivity contribution >= 4 is 23.3 Å². The minimum atomic E-state index is -0.485. The third kappa shape index (κ3) is 11.1. The van der Waals surface area contributed by atoms with Crippen molar-refractivity contribution in [3.8, 4) is 0 Å². The first-order chi connectivity index (χ1) is 18.8. The van der Waals surface area contributed by atoms with Crippen LogP contribution >= 0.6 is 0 Å². The first-order valence-corrected chi connectivity index (χ1v) is 13.5. The van der Waals surface area contributed by atoms with E-state index in [9.17, 15) is 9.90 Å². The number of likely N-dealkylation sites (N-methyl/N-ethyl adjacent to an activating group) is 1. The molecule has 1 fully saturated rings. The summed E-state index contributed by atoms with van der Waals surface area (Å²) in [4.78, 5) is 24.5. The number of allylic oxidation sites excluding steroid dienone is 2. The number of aliphatic imine (C=N–C) groups is 2. The summed E-state index contributed by atoms with van der Waals surface area (Å²) in [5.74, 6) is 0.305. The number of rotatable bonds is 14. The van der Waals surface area contributed by atoms with Crippen molar-refractivity contribution in [3.05, 3.63) is 65.5 Å². The number of para-hydroxylation sites is 1. The summed E-state index contributed by atoms with van der Waals surface area (Å²) in [6.07, 6.45) is 6.82. The van der Waals surface area contributed by atoms with Crippen LogP contribution in [0.1, 0.15) is 34.1 Å². The van der Waals surface area contributed by atoms with Gasteiger partial charge in [-0.15, -0.1) is 0 Å². The second kappa shape index (κ2) is 17.3. The van der Waals surface area contributed by atoms with Crippen LogP contribution in [-0.2, 0) is 4.74 Å². The number of nitrogens with two attached hydrogens (primary N) is 1. The number of aliphatic hydroxyl groups is 1. The number of nitrogens with one attached hydrogen (secondary N) is 3. The highest BCUT2D eigenvalue weighted by atomic mass is 16.5. The molecule has 6 N–H and O–H groups in total. The van der Waals surface area contributed by atoms with E-state index < -0.39 is 12.1 Å². The number of amides is 2. The minimum Gasteiger partial charge on any atom is -0.398 e. The largest absolute Gasteiger partial charge is 0.398 e. The number of aliphatic hydroxyl groups excluding tert-OH is 1. The third-order valence-electron chi connectivity index (χ3n) is 6.16. The summed E-state index contributed by atoms with van der Waals surface area (Å²) in [6, 6.07) is 8.39. The highest BCUT2D eigenvalue weighted by Gasteiger charge is 2.26. The van der Waals surface area contributed by atoms with Crippen molar-refractivity contribution in [2.75, 3.05) is 46.4 Å². The van der Waals surface area contributed by atoms with Gasteiger partial charge in [0, 0.05) is 62.0 Å². The summed E-state index contributed by atoms with van der Waals surface area (Å²) in [7, 11) is 1.73. The van der Waals surface area contributed by atoms with Crippen LogP contribution in [-0.4, -0.2) is 86.2 Å². The molecule has 2 amide bonds. The van der Waals surface area contributed by atoms with E-state index in [1.807, 2.05) is 70.2 Å². The summed E-state index contributed by atoms with van der Waals surface area (Å²) >= 11 is 0. The number of urea groups is 1. The molecule has 1 aliphatic heterocycles. The van der Waals surface area contributed by atoms with Crippen LogP contribution in [0, 0.1) is 0 Å². The van der Waals surface area contributed by atoms with Gasteiger partial charge in [-0.3, -0.25) is 15.2 Å². The molecule has 0 radical (unpaired) electrons. The molecule has 1 heterocycles. The summed E-state index contributed by atoms with van der Waals surface area (Å²) in [6.45, 7) is 11.3. The lowest BCUT2D eigenvalue weighted by Crippen LogP contribution is -2.53. The predicted octanol–water partition coefficient (Wildman–Crippen LogP) is 2.86. The Morgan fingerprint density at radius 2 is 1.97 bits per heavy atom. The van der Waals surface area contributed by atoms with Crippen LogP contribution in [0.2, 0.25) is 0 Å². The fourth-order valence-corrected chi connectivity index (χ4v) is 3.78. The lowest BCUT2D eigenvalue weighted by Gasteiger charge is -2.37. The standard InChI is InChI=1S/C29H45N7O3/c1-6-8-12-23(15-32-21(3)17-36-18-26(19-36)39-5)27(30)22(4)28(33-24-13-10-9-11-14-24)35-29(38)34-25(20-37)16-31-7-2/h8-15,25-26,31,37H,6-7,16-20,30H2,1-5H3,(H2,33,34,35,38)/b12-8-,23-15+,27-22?,32-21?/t25-/m1/s1. The Balaban J connectivity index is 2.34. The number of likely N-dealkylation sites (tertiary alicyclic amines) is 1. The van der Waals surface area contributed by atoms with Gasteiger partial charge in [-0.2, -0.15) is 0 Å². The Morgan fingerprint density at radius 1 is 1.26 bits per heavy atom. The molecule has 10 nitrogen and oxygen atoms in total. The molecule has 1 saturated heterocycles. The molecule has 1 aliphatic rings. The van der Waals surface area contributed by atoms with E-state index in [4.69, 9.17) is 10.5 Å². The molecule has 1 aromatic carbocycles. The number of carbonyl (C=O) groups excluding carboxylic acids is 1. The number of carbonyl (C=O) groups is 1. The predicted molar refractivity (Wildman–Crippen MR) is 159 cm³/mol. The first-order valence-electron chi connectivity index (χ1n) is 13.5. The minimum absolute atomic E-state index is 0.196. The molecular weight excluding hydrogens is 494 g/mol. The Bertz CT molecular complexity index is 1060. The number of nitrogens with zero attached hydrogens (tertiary/aromatic N) is 3. The lowest BCUT2D eigenvalue weighted by atomic mass is 10.1. The highest BCUT2D eigenvalue weighted by molar-refractivity contribution is 6.08. The lowest BCUT2D eigenvalue weighted by molar-refractivity contribution is -0.0212. The van der Waals surface area contributed by atoms with E-state index in [2.05, 4.69) is 30.8 Å². The zero-order valence-electron chi connectivity index (χ0n) is 23.9. The topological polar surface area (TPSA) is 137 Å². The van der Waals surface area contributed by atoms with Crippen molar-refractivity contribution < 1.29 is 14.6 Å². The van der Waals surface area contributed by atoms with Crippen LogP contribution in [0.5, 0.6) is 0 Å². The maximum absolute atomic E-state index is 12.9. The smallest absolute Gasteiger partial charge is 0.320 e. The van der Waals surface area contributed by atoms with Crippen molar-refractivity contribution in [1.82, 2.24) is 20.9 Å². The van der Waals surface area contributed by atoms with Crippen LogP contribution < -0.4 is 21.7 Å². The fraction of sp³-hybridized carbons (Fsp3) is 0.483. The molecule has 0 unspecified atom stereocenters. The summed E-state index contributed by atoms with van der Waals surface area (Å²) in [5, 5.41) is 18.4. The van der Waals surface area contributed by atoms with E-state index in [1.165, 1.54) is 0 Å². The van der Waals surface area contributed by atoms with E-state index in [-0.39, 0.29) is 6.61 Å². The number of methoxy groups -OCH3 is 1. The zero-order chi connectivity index (χ0) is 28.6. The van der Waals surface area contributed by atoms with Gasteiger partial charge in [0.15, 0.2) is 0 Å². The van der Waals surface area contributed by atoms with E-state index in [0.29, 0.717) is 35.4 Å². The average Bonchev–Trinajstić information content (AvgIpc) is 2.92. The van der Waals surface area contributed by atoms with Gasteiger partial charge < -0.3 is 26.2 Å². The normalized spacial score (nSPS) is 17.1. The molecule has 39 heavy (non-hydrogen) atoms. The van der Waals surface area contributed by atoms with Crippen LogP contribution in [0.15, 0.2) is 75.5 Å². The van der Waals surface area contributed by atoms with Gasteiger partial charge in [0.25, 0.3) is 0 Å². The Kier molecular flexibility index (Phi) is 14.2. The summed E-state index contributed by atoms with van der Waals surface area (Å²) in [5.41, 5.74) is 10.0. The number of hydrogen-bond acceptors (Lipinski definition) is 8. The molecule has 0 bridgehead atoms. The summed E-state index contributed by atoms with van der Waals surface area (Å²) < 4.78 is 5.35. The molecule has 10 heteroatoms. The zero-order valence-corrected chi connectivity index (χ0v) is 23.9. The molecular formula is C29H45N7O3. The number of ether oxygens (including phenoxy) is 1.